The van der Waals surface area contributed by atoms with Gasteiger partial charge >= 0.3 is 0 Å². The molecular weight excluding hydrogens is 119 g/mol. The molecule has 1 fully saturated rings. The standard InChI is InChI=1S/C6H13FN2/c1-5(7)6-4-8-2-3-9-6/h5-6,8-9H,2-4H2,1H3. The first kappa shape index (κ1) is 6.96. The monoisotopic (exact) mass is 132 g/mol. The summed E-state index contributed by atoms with van der Waals surface area (Å²) >= 11 is 0. The van der Waals surface area contributed by atoms with E-state index in [-0.39, 0.29) is 6.04 Å². The third kappa shape index (κ3) is 1.91. The zero-order valence-corrected chi connectivity index (χ0v) is 5.65. The van der Waals surface area contributed by atoms with Gasteiger partial charge in [0.25, 0.3) is 0 Å². The van der Waals surface area contributed by atoms with Crippen molar-refractivity contribution in [3.63, 3.8) is 0 Å². The topological polar surface area (TPSA) is 24.1 Å². The van der Waals surface area contributed by atoms with Gasteiger partial charge in [-0.05, 0) is 6.92 Å². The molecule has 1 rings (SSSR count). The quantitative estimate of drug-likeness (QED) is 0.521. The Bertz CT molecular complexity index is 79.1. The number of hydrogen-bond donors (Lipinski definition) is 2. The first-order valence-electron chi connectivity index (χ1n) is 3.39. The van der Waals surface area contributed by atoms with E-state index >= 15 is 0 Å². The Hall–Kier alpha value is -0.150. The molecule has 2 atom stereocenters. The third-order valence-electron chi connectivity index (χ3n) is 1.63. The van der Waals surface area contributed by atoms with E-state index in [2.05, 4.69) is 10.6 Å². The molecule has 0 aromatic rings. The van der Waals surface area contributed by atoms with Crippen molar-refractivity contribution in [2.24, 2.45) is 0 Å². The fraction of sp³-hybridized carbons (Fsp3) is 1.00. The minimum absolute atomic E-state index is 0.0266. The number of rotatable bonds is 1. The first-order valence-corrected chi connectivity index (χ1v) is 3.39. The van der Waals surface area contributed by atoms with Crippen LogP contribution in [0, 0.1) is 0 Å². The van der Waals surface area contributed by atoms with Gasteiger partial charge in [0, 0.05) is 19.6 Å². The van der Waals surface area contributed by atoms with Gasteiger partial charge in [-0.1, -0.05) is 0 Å². The van der Waals surface area contributed by atoms with E-state index in [4.69, 9.17) is 0 Å². The predicted octanol–water partition coefficient (Wildman–Crippen LogP) is -0.0942. The van der Waals surface area contributed by atoms with Crippen LogP contribution >= 0.6 is 0 Å². The van der Waals surface area contributed by atoms with Gasteiger partial charge < -0.3 is 10.6 Å². The number of nitrogens with one attached hydrogen (secondary N) is 2. The largest absolute Gasteiger partial charge is 0.314 e. The molecule has 0 aromatic heterocycles. The van der Waals surface area contributed by atoms with Crippen molar-refractivity contribution in [3.05, 3.63) is 0 Å². The highest BCUT2D eigenvalue weighted by molar-refractivity contribution is 4.79. The van der Waals surface area contributed by atoms with Crippen molar-refractivity contribution in [2.45, 2.75) is 19.1 Å². The summed E-state index contributed by atoms with van der Waals surface area (Å²) in [5.74, 6) is 0. The molecule has 2 N–H and O–H groups in total. The van der Waals surface area contributed by atoms with Crippen LogP contribution in [0.1, 0.15) is 6.92 Å². The molecule has 0 bridgehead atoms. The molecule has 2 nitrogen and oxygen atoms in total. The van der Waals surface area contributed by atoms with Gasteiger partial charge in [-0.3, -0.25) is 0 Å². The summed E-state index contributed by atoms with van der Waals surface area (Å²) in [6, 6.07) is 0.0266. The molecule has 0 aromatic carbocycles. The average Bonchev–Trinajstić information content (AvgIpc) is 1.90. The van der Waals surface area contributed by atoms with E-state index in [1.54, 1.807) is 6.92 Å². The zero-order valence-electron chi connectivity index (χ0n) is 5.65. The molecule has 0 spiro atoms. The Morgan fingerprint density at radius 1 is 1.56 bits per heavy atom. The van der Waals surface area contributed by atoms with Crippen LogP contribution < -0.4 is 10.6 Å². The maximum atomic E-state index is 12.5. The van der Waals surface area contributed by atoms with Crippen LogP contribution in [0.3, 0.4) is 0 Å². The van der Waals surface area contributed by atoms with E-state index in [0.29, 0.717) is 0 Å². The second-order valence-corrected chi connectivity index (χ2v) is 2.44. The number of halogens is 1. The van der Waals surface area contributed by atoms with Crippen LogP contribution in [0.15, 0.2) is 0 Å². The minimum atomic E-state index is -0.738. The molecule has 1 saturated heterocycles. The van der Waals surface area contributed by atoms with Gasteiger partial charge in [0.1, 0.15) is 6.17 Å². The fourth-order valence-corrected chi connectivity index (χ4v) is 1.00. The molecule has 0 aliphatic carbocycles. The van der Waals surface area contributed by atoms with Crippen LogP contribution in [0.2, 0.25) is 0 Å². The van der Waals surface area contributed by atoms with E-state index < -0.39 is 6.17 Å². The summed E-state index contributed by atoms with van der Waals surface area (Å²) in [6.45, 7) is 4.20. The van der Waals surface area contributed by atoms with Gasteiger partial charge in [-0.2, -0.15) is 0 Å². The van der Waals surface area contributed by atoms with Gasteiger partial charge in [-0.15, -0.1) is 0 Å². The Labute approximate surface area is 54.8 Å². The van der Waals surface area contributed by atoms with Gasteiger partial charge in [0.15, 0.2) is 0 Å². The lowest BCUT2D eigenvalue weighted by molar-refractivity contribution is 0.246. The van der Waals surface area contributed by atoms with Gasteiger partial charge in [0.2, 0.25) is 0 Å². The summed E-state index contributed by atoms with van der Waals surface area (Å²) < 4.78 is 12.5. The Balaban J connectivity index is 2.23. The van der Waals surface area contributed by atoms with E-state index in [1.807, 2.05) is 0 Å². The number of hydrogen-bond acceptors (Lipinski definition) is 2. The number of piperazine rings is 1. The van der Waals surface area contributed by atoms with Crippen LogP contribution in [-0.2, 0) is 0 Å². The summed E-state index contributed by atoms with van der Waals surface area (Å²) in [5.41, 5.74) is 0. The zero-order chi connectivity index (χ0) is 6.69. The lowest BCUT2D eigenvalue weighted by Gasteiger charge is -2.25. The van der Waals surface area contributed by atoms with E-state index in [1.165, 1.54) is 0 Å². The molecule has 0 amide bonds. The van der Waals surface area contributed by atoms with E-state index in [9.17, 15) is 4.39 Å². The highest BCUT2D eigenvalue weighted by Crippen LogP contribution is 1.97. The molecule has 9 heavy (non-hydrogen) atoms. The van der Waals surface area contributed by atoms with Crippen LogP contribution in [-0.4, -0.2) is 31.8 Å². The molecular formula is C6H13FN2. The Morgan fingerprint density at radius 2 is 2.33 bits per heavy atom. The molecule has 0 radical (unpaired) electrons. The minimum Gasteiger partial charge on any atom is -0.314 e. The predicted molar refractivity (Wildman–Crippen MR) is 35.2 cm³/mol. The molecule has 54 valence electrons. The maximum Gasteiger partial charge on any atom is 0.114 e. The molecule has 0 saturated carbocycles. The Kier molecular flexibility index (Phi) is 2.42. The molecule has 2 unspecified atom stereocenters. The maximum absolute atomic E-state index is 12.5. The van der Waals surface area contributed by atoms with Crippen molar-refractivity contribution in [1.82, 2.24) is 10.6 Å². The normalized spacial score (nSPS) is 32.0. The van der Waals surface area contributed by atoms with Gasteiger partial charge in [-0.25, -0.2) is 4.39 Å². The third-order valence-corrected chi connectivity index (χ3v) is 1.63. The van der Waals surface area contributed by atoms with Crippen LogP contribution in [0.5, 0.6) is 0 Å². The lowest BCUT2D eigenvalue weighted by atomic mass is 10.2. The lowest BCUT2D eigenvalue weighted by Crippen LogP contribution is -2.52. The second kappa shape index (κ2) is 3.13. The summed E-state index contributed by atoms with van der Waals surface area (Å²) in [4.78, 5) is 0. The number of alkyl halides is 1. The average molecular weight is 132 g/mol. The van der Waals surface area contributed by atoms with Crippen LogP contribution in [0.4, 0.5) is 4.39 Å². The molecule has 1 aliphatic rings. The SMILES string of the molecule is CC(F)C1CNCCN1. The van der Waals surface area contributed by atoms with Crippen molar-refractivity contribution in [1.29, 1.82) is 0 Å². The highest BCUT2D eigenvalue weighted by Gasteiger charge is 2.17. The highest BCUT2D eigenvalue weighted by atomic mass is 19.1. The Morgan fingerprint density at radius 3 is 2.67 bits per heavy atom. The summed E-state index contributed by atoms with van der Waals surface area (Å²) in [7, 11) is 0. The van der Waals surface area contributed by atoms with Crippen molar-refractivity contribution in [3.8, 4) is 0 Å². The first-order chi connectivity index (χ1) is 4.30. The summed E-state index contributed by atoms with van der Waals surface area (Å²) in [5, 5.41) is 6.19. The van der Waals surface area contributed by atoms with Crippen LogP contribution in [0.25, 0.3) is 0 Å². The van der Waals surface area contributed by atoms with Crippen molar-refractivity contribution < 1.29 is 4.39 Å². The summed E-state index contributed by atoms with van der Waals surface area (Å²) in [6.07, 6.45) is -0.738. The van der Waals surface area contributed by atoms with E-state index in [0.717, 1.165) is 19.6 Å². The molecule has 1 heterocycles. The molecule has 1 aliphatic heterocycles. The van der Waals surface area contributed by atoms with Gasteiger partial charge in [0.05, 0.1) is 6.04 Å². The second-order valence-electron chi connectivity index (χ2n) is 2.44. The van der Waals surface area contributed by atoms with Crippen molar-refractivity contribution >= 4 is 0 Å². The molecule has 3 heteroatoms. The smallest absolute Gasteiger partial charge is 0.114 e. The van der Waals surface area contributed by atoms with Crippen molar-refractivity contribution in [2.75, 3.05) is 19.6 Å². The fourth-order valence-electron chi connectivity index (χ4n) is 1.00.